The van der Waals surface area contributed by atoms with Gasteiger partial charge in [0.05, 0.1) is 12.8 Å². The fourth-order valence-electron chi connectivity index (χ4n) is 2.37. The van der Waals surface area contributed by atoms with Gasteiger partial charge in [0, 0.05) is 22.7 Å². The van der Waals surface area contributed by atoms with Crippen molar-refractivity contribution in [3.63, 3.8) is 0 Å². The molecular formula is C16H18N4OS. The maximum atomic E-state index is 5.31. The molecule has 3 rings (SSSR count). The molecular weight excluding hydrogens is 296 g/mol. The van der Waals surface area contributed by atoms with E-state index in [0.717, 1.165) is 45.0 Å². The topological polar surface area (TPSA) is 61.8 Å². The van der Waals surface area contributed by atoms with Gasteiger partial charge in [0.25, 0.3) is 0 Å². The average Bonchev–Trinajstić information content (AvgIpc) is 2.87. The molecule has 114 valence electrons. The molecule has 0 unspecified atom stereocenters. The summed E-state index contributed by atoms with van der Waals surface area (Å²) in [5.74, 6) is 1.54. The lowest BCUT2D eigenvalue weighted by molar-refractivity contribution is 0.416. The Balaban J connectivity index is 1.81. The van der Waals surface area contributed by atoms with E-state index < -0.39 is 0 Å². The highest BCUT2D eigenvalue weighted by Gasteiger charge is 2.16. The van der Waals surface area contributed by atoms with E-state index >= 15 is 0 Å². The number of hydrogen-bond donors (Lipinski definition) is 2. The van der Waals surface area contributed by atoms with Crippen LogP contribution in [0.4, 0.5) is 5.69 Å². The van der Waals surface area contributed by atoms with Gasteiger partial charge in [0.15, 0.2) is 5.17 Å². The van der Waals surface area contributed by atoms with Gasteiger partial charge >= 0.3 is 0 Å². The molecule has 1 aromatic heterocycles. The van der Waals surface area contributed by atoms with Gasteiger partial charge in [-0.15, -0.1) is 0 Å². The average molecular weight is 314 g/mol. The van der Waals surface area contributed by atoms with Crippen molar-refractivity contribution in [1.82, 2.24) is 10.4 Å². The van der Waals surface area contributed by atoms with Crippen LogP contribution in [0.3, 0.4) is 0 Å². The Morgan fingerprint density at radius 1 is 1.27 bits per heavy atom. The standard InChI is InChI=1S/C16H18N4OS/c1-10-8-12(11(2)17-10)14-9-22-16(20-19-14)18-13-6-4-5-7-15(13)21-3/h4-8,17H,9H2,1-3H3,(H,18,20). The molecule has 2 heterocycles. The van der Waals surface area contributed by atoms with Gasteiger partial charge in [0.1, 0.15) is 11.4 Å². The van der Waals surface area contributed by atoms with Crippen LogP contribution in [0.1, 0.15) is 17.0 Å². The molecule has 1 aliphatic rings. The number of hydrazone groups is 1. The summed E-state index contributed by atoms with van der Waals surface area (Å²) in [4.78, 5) is 7.88. The minimum absolute atomic E-state index is 0.754. The zero-order valence-corrected chi connectivity index (χ0v) is 13.6. The fraction of sp³-hybridized carbons (Fsp3) is 0.250. The third kappa shape index (κ3) is 3.01. The maximum Gasteiger partial charge on any atom is 0.182 e. The second-order valence-corrected chi connectivity index (χ2v) is 6.00. The van der Waals surface area contributed by atoms with Crippen LogP contribution in [-0.2, 0) is 0 Å². The number of aryl methyl sites for hydroxylation is 2. The summed E-state index contributed by atoms with van der Waals surface area (Å²) in [7, 11) is 1.65. The Bertz CT molecular complexity index is 748. The molecule has 0 saturated heterocycles. The van der Waals surface area contributed by atoms with Crippen molar-refractivity contribution >= 4 is 28.3 Å². The lowest BCUT2D eigenvalue weighted by atomic mass is 10.1. The summed E-state index contributed by atoms with van der Waals surface area (Å²) in [6.07, 6.45) is 0. The van der Waals surface area contributed by atoms with Gasteiger partial charge in [-0.05, 0) is 32.0 Å². The van der Waals surface area contributed by atoms with E-state index in [2.05, 4.69) is 40.4 Å². The molecule has 0 atom stereocenters. The van der Waals surface area contributed by atoms with Crippen molar-refractivity contribution in [1.29, 1.82) is 0 Å². The zero-order valence-electron chi connectivity index (χ0n) is 12.8. The van der Waals surface area contributed by atoms with Crippen LogP contribution in [-0.4, -0.2) is 28.7 Å². The summed E-state index contributed by atoms with van der Waals surface area (Å²) in [5, 5.41) is 5.24. The highest BCUT2D eigenvalue weighted by molar-refractivity contribution is 8.14. The number of aromatic amines is 1. The van der Waals surface area contributed by atoms with E-state index in [-0.39, 0.29) is 0 Å². The van der Waals surface area contributed by atoms with Gasteiger partial charge in [-0.25, -0.2) is 4.99 Å². The van der Waals surface area contributed by atoms with Gasteiger partial charge < -0.3 is 9.72 Å². The molecule has 0 saturated carbocycles. The molecule has 22 heavy (non-hydrogen) atoms. The maximum absolute atomic E-state index is 5.31. The van der Waals surface area contributed by atoms with E-state index in [1.165, 1.54) is 0 Å². The first-order valence-electron chi connectivity index (χ1n) is 7.01. The Kier molecular flexibility index (Phi) is 4.20. The number of thioether (sulfide) groups is 1. The number of nitrogens with zero attached hydrogens (tertiary/aromatic N) is 2. The fourth-order valence-corrected chi connectivity index (χ4v) is 3.13. The highest BCUT2D eigenvalue weighted by atomic mass is 32.2. The molecule has 0 amide bonds. The molecule has 2 N–H and O–H groups in total. The molecule has 5 nitrogen and oxygen atoms in total. The third-order valence-corrected chi connectivity index (χ3v) is 4.27. The highest BCUT2D eigenvalue weighted by Crippen LogP contribution is 2.28. The van der Waals surface area contributed by atoms with Gasteiger partial charge in [0.2, 0.25) is 0 Å². The van der Waals surface area contributed by atoms with E-state index in [9.17, 15) is 0 Å². The molecule has 1 aromatic carbocycles. The lowest BCUT2D eigenvalue weighted by Crippen LogP contribution is -2.25. The molecule has 6 heteroatoms. The van der Waals surface area contributed by atoms with Crippen LogP contribution in [0.25, 0.3) is 0 Å². The van der Waals surface area contributed by atoms with E-state index in [1.807, 2.05) is 24.3 Å². The molecule has 1 aliphatic heterocycles. The van der Waals surface area contributed by atoms with Crippen LogP contribution < -0.4 is 10.2 Å². The first kappa shape index (κ1) is 14.7. The lowest BCUT2D eigenvalue weighted by Gasteiger charge is -2.15. The number of rotatable bonds is 3. The van der Waals surface area contributed by atoms with Crippen molar-refractivity contribution in [2.24, 2.45) is 10.1 Å². The van der Waals surface area contributed by atoms with Gasteiger partial charge in [-0.3, -0.25) is 5.43 Å². The van der Waals surface area contributed by atoms with Crippen LogP contribution in [0.15, 0.2) is 40.4 Å². The minimum Gasteiger partial charge on any atom is -0.494 e. The number of benzene rings is 1. The zero-order chi connectivity index (χ0) is 15.5. The van der Waals surface area contributed by atoms with Crippen LogP contribution >= 0.6 is 11.8 Å². The second kappa shape index (κ2) is 6.27. The summed E-state index contributed by atoms with van der Waals surface area (Å²) < 4.78 is 5.31. The number of aliphatic imine (C=N–C) groups is 1. The SMILES string of the molecule is COc1ccccc1N=C1NN=C(c2cc(C)[nH]c2C)CS1. The smallest absolute Gasteiger partial charge is 0.182 e. The number of amidine groups is 1. The van der Waals surface area contributed by atoms with Crippen molar-refractivity contribution in [2.45, 2.75) is 13.8 Å². The monoisotopic (exact) mass is 314 g/mol. The predicted octanol–water partition coefficient (Wildman–Crippen LogP) is 3.37. The quantitative estimate of drug-likeness (QED) is 0.913. The van der Waals surface area contributed by atoms with Crippen molar-refractivity contribution in [3.05, 3.63) is 47.3 Å². The number of hydrogen-bond acceptors (Lipinski definition) is 4. The molecule has 0 bridgehead atoms. The van der Waals surface area contributed by atoms with Crippen LogP contribution in [0.5, 0.6) is 5.75 Å². The molecule has 2 aromatic rings. The Labute approximate surface area is 133 Å². The van der Waals surface area contributed by atoms with Crippen LogP contribution in [0.2, 0.25) is 0 Å². The first-order chi connectivity index (χ1) is 10.7. The Hall–Kier alpha value is -2.21. The van der Waals surface area contributed by atoms with Crippen molar-refractivity contribution in [3.8, 4) is 5.75 Å². The molecule has 0 aliphatic carbocycles. The number of aromatic nitrogens is 1. The van der Waals surface area contributed by atoms with E-state index in [1.54, 1.807) is 18.9 Å². The normalized spacial score (nSPS) is 16.3. The molecule has 0 radical (unpaired) electrons. The Morgan fingerprint density at radius 2 is 2.09 bits per heavy atom. The second-order valence-electron chi connectivity index (χ2n) is 5.04. The van der Waals surface area contributed by atoms with Crippen molar-refractivity contribution < 1.29 is 4.74 Å². The largest absolute Gasteiger partial charge is 0.494 e. The Morgan fingerprint density at radius 3 is 2.73 bits per heavy atom. The number of H-pyrrole nitrogens is 1. The third-order valence-electron chi connectivity index (χ3n) is 3.40. The summed E-state index contributed by atoms with van der Waals surface area (Å²) in [6.45, 7) is 4.11. The summed E-state index contributed by atoms with van der Waals surface area (Å²) in [6, 6.07) is 9.81. The van der Waals surface area contributed by atoms with Gasteiger partial charge in [-0.1, -0.05) is 23.9 Å². The number of methoxy groups -OCH3 is 1. The molecule has 0 spiro atoms. The van der Waals surface area contributed by atoms with E-state index in [4.69, 9.17) is 4.74 Å². The molecule has 0 fully saturated rings. The van der Waals surface area contributed by atoms with E-state index in [0.29, 0.717) is 0 Å². The first-order valence-corrected chi connectivity index (χ1v) is 7.99. The van der Waals surface area contributed by atoms with Crippen LogP contribution in [0, 0.1) is 13.8 Å². The number of ether oxygens (including phenoxy) is 1. The predicted molar refractivity (Wildman–Crippen MR) is 92.5 cm³/mol. The summed E-state index contributed by atoms with van der Waals surface area (Å²) >= 11 is 1.64. The number of para-hydroxylation sites is 2. The van der Waals surface area contributed by atoms with Crippen molar-refractivity contribution in [2.75, 3.05) is 12.9 Å². The minimum atomic E-state index is 0.754. The summed E-state index contributed by atoms with van der Waals surface area (Å²) in [5.41, 5.74) is 8.32. The van der Waals surface area contributed by atoms with Gasteiger partial charge in [-0.2, -0.15) is 5.10 Å². The number of nitrogens with one attached hydrogen (secondary N) is 2.